The minimum atomic E-state index is -0.311. The molecule has 0 saturated heterocycles. The molecule has 0 fully saturated rings. The smallest absolute Gasteiger partial charge is 0.246 e. The quantitative estimate of drug-likeness (QED) is 0.0290. The van der Waals surface area contributed by atoms with Gasteiger partial charge >= 0.3 is 0 Å². The lowest BCUT2D eigenvalue weighted by Gasteiger charge is -2.11. The van der Waals surface area contributed by atoms with Crippen molar-refractivity contribution < 1.29 is 52.4 Å². The van der Waals surface area contributed by atoms with E-state index in [9.17, 15) is 24.0 Å². The predicted octanol–water partition coefficient (Wildman–Crippen LogP) is 4.19. The first kappa shape index (κ1) is 58.0. The average Bonchev–Trinajstić information content (AvgIpc) is 3.23. The van der Waals surface area contributed by atoms with Crippen LogP contribution >= 0.6 is 22.0 Å². The number of carbonyl (C=O) groups excluding carboxylic acids is 5. The molecule has 0 saturated carbocycles. The summed E-state index contributed by atoms with van der Waals surface area (Å²) in [5.74, 6) is -0.703. The van der Waals surface area contributed by atoms with Crippen molar-refractivity contribution in [2.24, 2.45) is 0 Å². The van der Waals surface area contributed by atoms with Crippen molar-refractivity contribution in [1.82, 2.24) is 26.4 Å². The first-order valence-electron chi connectivity index (χ1n) is 22.5. The number of carbonyl (C=O) groups is 5. The maximum absolute atomic E-state index is 12.0. The summed E-state index contributed by atoms with van der Waals surface area (Å²) in [6, 6.07) is -0.311. The van der Waals surface area contributed by atoms with Crippen LogP contribution in [0.25, 0.3) is 0 Å². The molecule has 0 aromatic rings. The molecule has 0 aliphatic carbocycles. The molecule has 4 amide bonds. The number of ether oxygens (including phenoxy) is 6. The molecule has 18 heteroatoms. The average molecular weight is 896 g/mol. The van der Waals surface area contributed by atoms with Gasteiger partial charge in [0.05, 0.1) is 65.5 Å². The molecule has 0 spiro atoms. The maximum atomic E-state index is 12.0. The third-order valence-corrected chi connectivity index (χ3v) is 9.98. The van der Waals surface area contributed by atoms with Crippen molar-refractivity contribution in [3.63, 3.8) is 0 Å². The molecule has 1 unspecified atom stereocenters. The fourth-order valence-corrected chi connectivity index (χ4v) is 6.48. The van der Waals surface area contributed by atoms with Crippen molar-refractivity contribution in [1.29, 1.82) is 0 Å². The number of unbranched alkanes of at least 4 members (excludes halogenated alkanes) is 15. The molecule has 352 valence electrons. The Morgan fingerprint density at radius 3 is 1.17 bits per heavy atom. The van der Waals surface area contributed by atoms with Crippen molar-refractivity contribution in [3.8, 4) is 0 Å². The normalized spacial score (nSPS) is 11.7. The highest BCUT2D eigenvalue weighted by atomic mass is 32.1. The molecule has 0 bridgehead atoms. The van der Waals surface area contributed by atoms with Crippen LogP contribution in [0.3, 0.4) is 0 Å². The van der Waals surface area contributed by atoms with E-state index in [0.29, 0.717) is 58.8 Å². The van der Waals surface area contributed by atoms with Crippen LogP contribution in [-0.2, 0) is 52.4 Å². The number of thiol groups is 1. The van der Waals surface area contributed by atoms with Gasteiger partial charge in [0.2, 0.25) is 28.7 Å². The van der Waals surface area contributed by atoms with Gasteiger partial charge in [0.1, 0.15) is 19.8 Å². The molecule has 0 aromatic heterocycles. The van der Waals surface area contributed by atoms with Gasteiger partial charge in [-0.1, -0.05) is 106 Å². The molecule has 16 nitrogen and oxygen atoms in total. The molecule has 0 aliphatic rings. The minimum Gasteiger partial charge on any atom is -0.377 e. The standard InChI is InChI=1S/C42H82N5O11PS/c1-2-3-4-5-6-7-8-9-10-11-12-13-14-15-16-20-38(48)44-22-25-53-28-32-57-35-40(50)46-24-27-55-30-33-58-36-41(51)45-23-26-54-29-31-56-34-39(49)43-21-18-17-19-37(47-59)42(52)60/h37,47H,2-36,59H2,1H3,(H,43,49)(H,44,48)(H,45,51)(H,46,50)(H,52,60)/t37-/m0/s1. The Kier molecular flexibility index (Phi) is 45.0. The maximum Gasteiger partial charge on any atom is 0.246 e. The zero-order valence-corrected chi connectivity index (χ0v) is 38.9. The Morgan fingerprint density at radius 1 is 0.433 bits per heavy atom. The summed E-state index contributed by atoms with van der Waals surface area (Å²) in [7, 11) is 2.31. The number of hydrogen-bond acceptors (Lipinski definition) is 12. The zero-order valence-electron chi connectivity index (χ0n) is 36.8. The third-order valence-electron chi connectivity index (χ3n) is 9.27. The fourth-order valence-electron chi connectivity index (χ4n) is 5.82. The van der Waals surface area contributed by atoms with E-state index in [0.717, 1.165) is 25.7 Å². The number of amides is 4. The van der Waals surface area contributed by atoms with Crippen LogP contribution < -0.4 is 26.4 Å². The molecule has 0 aromatic carbocycles. The lowest BCUT2D eigenvalue weighted by atomic mass is 10.0. The molecular formula is C42H82N5O11PS. The van der Waals surface area contributed by atoms with E-state index in [-0.39, 0.29) is 94.2 Å². The van der Waals surface area contributed by atoms with Gasteiger partial charge in [-0.05, 0) is 25.7 Å². The Hall–Kier alpha value is -1.95. The summed E-state index contributed by atoms with van der Waals surface area (Å²) in [5.41, 5.74) is 0. The van der Waals surface area contributed by atoms with E-state index in [1.807, 2.05) is 0 Å². The van der Waals surface area contributed by atoms with Crippen LogP contribution in [0.2, 0.25) is 0 Å². The second-order valence-electron chi connectivity index (χ2n) is 14.6. The van der Waals surface area contributed by atoms with Crippen LogP contribution in [0.5, 0.6) is 0 Å². The Morgan fingerprint density at radius 2 is 0.783 bits per heavy atom. The first-order chi connectivity index (χ1) is 29.3. The van der Waals surface area contributed by atoms with E-state index in [1.165, 1.54) is 83.5 Å². The van der Waals surface area contributed by atoms with Gasteiger partial charge in [-0.15, -0.1) is 12.6 Å². The highest BCUT2D eigenvalue weighted by Crippen LogP contribution is 2.13. The molecule has 5 N–H and O–H groups in total. The summed E-state index contributed by atoms with van der Waals surface area (Å²) in [6.45, 7) is 6.17. The monoisotopic (exact) mass is 896 g/mol. The third kappa shape index (κ3) is 44.1. The fraction of sp³-hybridized carbons (Fsp3) is 0.881. The highest BCUT2D eigenvalue weighted by molar-refractivity contribution is 7.96. The van der Waals surface area contributed by atoms with E-state index < -0.39 is 0 Å². The number of nitrogens with one attached hydrogen (secondary N) is 5. The van der Waals surface area contributed by atoms with Crippen molar-refractivity contribution in [2.45, 2.75) is 135 Å². The molecule has 0 heterocycles. The summed E-state index contributed by atoms with van der Waals surface area (Å²) < 4.78 is 32.2. The molecule has 0 aliphatic heterocycles. The molecule has 60 heavy (non-hydrogen) atoms. The Balaban J connectivity index is 3.37. The second-order valence-corrected chi connectivity index (χ2v) is 15.4. The van der Waals surface area contributed by atoms with Crippen molar-refractivity contribution in [3.05, 3.63) is 0 Å². The lowest BCUT2D eigenvalue weighted by Crippen LogP contribution is -2.32. The molecular weight excluding hydrogens is 814 g/mol. The summed E-state index contributed by atoms with van der Waals surface area (Å²) in [5, 5.41) is 13.6. The summed E-state index contributed by atoms with van der Waals surface area (Å²) in [6.07, 6.45) is 22.3. The summed E-state index contributed by atoms with van der Waals surface area (Å²) >= 11 is 3.82. The molecule has 0 rings (SSSR count). The van der Waals surface area contributed by atoms with E-state index in [4.69, 9.17) is 28.4 Å². The lowest BCUT2D eigenvalue weighted by molar-refractivity contribution is -0.127. The van der Waals surface area contributed by atoms with Crippen LogP contribution in [0.4, 0.5) is 0 Å². The van der Waals surface area contributed by atoms with Crippen LogP contribution in [0.1, 0.15) is 129 Å². The summed E-state index contributed by atoms with van der Waals surface area (Å²) in [4.78, 5) is 58.9. The Labute approximate surface area is 368 Å². The van der Waals surface area contributed by atoms with E-state index in [1.54, 1.807) is 0 Å². The van der Waals surface area contributed by atoms with E-state index in [2.05, 4.69) is 55.3 Å². The number of rotatable bonds is 47. The van der Waals surface area contributed by atoms with Gasteiger partial charge in [0.15, 0.2) is 0 Å². The number of hydrogen-bond donors (Lipinski definition) is 6. The zero-order chi connectivity index (χ0) is 44.0. The van der Waals surface area contributed by atoms with Crippen LogP contribution in [0.15, 0.2) is 0 Å². The largest absolute Gasteiger partial charge is 0.377 e. The van der Waals surface area contributed by atoms with Crippen molar-refractivity contribution >= 4 is 50.8 Å². The molecule has 0 radical (unpaired) electrons. The Bertz CT molecular complexity index is 1050. The van der Waals surface area contributed by atoms with Gasteiger partial charge in [-0.25, -0.2) is 0 Å². The van der Waals surface area contributed by atoms with Gasteiger partial charge in [0, 0.05) is 32.6 Å². The van der Waals surface area contributed by atoms with Gasteiger partial charge in [-0.2, -0.15) is 0 Å². The van der Waals surface area contributed by atoms with Crippen LogP contribution in [0, 0.1) is 0 Å². The topological polar surface area (TPSA) is 201 Å². The van der Waals surface area contributed by atoms with Gasteiger partial charge in [-0.3, -0.25) is 29.1 Å². The van der Waals surface area contributed by atoms with Gasteiger partial charge < -0.3 is 49.7 Å². The second kappa shape index (κ2) is 46.6. The minimum absolute atomic E-state index is 0.0634. The first-order valence-corrected chi connectivity index (χ1v) is 23.5. The SMILES string of the molecule is CCCCCCCCCCCCCCCCCC(=O)NCCOCCOCC(=O)NCCOCCOCC(=O)NCCOCCOCC(=O)NCCCC[C@H](NP)C(=O)S. The van der Waals surface area contributed by atoms with Gasteiger partial charge in [0.25, 0.3) is 0 Å². The predicted molar refractivity (Wildman–Crippen MR) is 241 cm³/mol. The molecule has 2 atom stereocenters. The highest BCUT2D eigenvalue weighted by Gasteiger charge is 2.12. The van der Waals surface area contributed by atoms with Crippen LogP contribution in [-0.4, -0.2) is 140 Å². The van der Waals surface area contributed by atoms with E-state index >= 15 is 0 Å². The van der Waals surface area contributed by atoms with Crippen molar-refractivity contribution in [2.75, 3.05) is 105 Å².